The molecule has 0 atom stereocenters. The SMILES string of the molecule is Cc1ccc(-n2nc(C3CCC(CNC(=O)OC(C)(C)C)CC3)cc2NC(=O)c2cnn3cccnc23)nc1. The molecule has 1 fully saturated rings. The highest BCUT2D eigenvalue weighted by Crippen LogP contribution is 2.36. The van der Waals surface area contributed by atoms with Crippen molar-refractivity contribution in [1.29, 1.82) is 0 Å². The Morgan fingerprint density at radius 1 is 1.10 bits per heavy atom. The first-order chi connectivity index (χ1) is 18.7. The van der Waals surface area contributed by atoms with Gasteiger partial charge < -0.3 is 15.4 Å². The lowest BCUT2D eigenvalue weighted by molar-refractivity contribution is 0.0514. The lowest BCUT2D eigenvalue weighted by atomic mass is 9.80. The van der Waals surface area contributed by atoms with Gasteiger partial charge in [-0.05, 0) is 77.0 Å². The number of hydrogen-bond donors (Lipinski definition) is 2. The van der Waals surface area contributed by atoms with Gasteiger partial charge in [-0.2, -0.15) is 14.9 Å². The molecule has 0 aliphatic heterocycles. The van der Waals surface area contributed by atoms with Crippen molar-refractivity contribution >= 4 is 23.5 Å². The summed E-state index contributed by atoms with van der Waals surface area (Å²) in [6.07, 6.45) is 10.1. The quantitative estimate of drug-likeness (QED) is 0.371. The van der Waals surface area contributed by atoms with E-state index >= 15 is 0 Å². The van der Waals surface area contributed by atoms with Gasteiger partial charge in [0.25, 0.3) is 5.91 Å². The molecule has 0 saturated heterocycles. The van der Waals surface area contributed by atoms with Crippen LogP contribution in [-0.2, 0) is 4.74 Å². The van der Waals surface area contributed by atoms with Crippen molar-refractivity contribution in [2.24, 2.45) is 5.92 Å². The number of carbonyl (C=O) groups excluding carboxylic acids is 2. The van der Waals surface area contributed by atoms with Crippen LogP contribution < -0.4 is 10.6 Å². The van der Waals surface area contributed by atoms with Gasteiger partial charge in [-0.1, -0.05) is 6.07 Å². The Kier molecular flexibility index (Phi) is 7.32. The van der Waals surface area contributed by atoms with E-state index < -0.39 is 5.60 Å². The van der Waals surface area contributed by atoms with Crippen LogP contribution in [0.5, 0.6) is 0 Å². The van der Waals surface area contributed by atoms with Crippen LogP contribution >= 0.6 is 0 Å². The average Bonchev–Trinajstić information content (AvgIpc) is 3.52. The first-order valence-corrected chi connectivity index (χ1v) is 13.3. The second-order valence-electron chi connectivity index (χ2n) is 11.1. The summed E-state index contributed by atoms with van der Waals surface area (Å²) >= 11 is 0. The molecule has 4 heterocycles. The van der Waals surface area contributed by atoms with Crippen molar-refractivity contribution in [2.75, 3.05) is 11.9 Å². The number of alkyl carbamates (subject to hydrolysis) is 1. The molecule has 2 N–H and O–H groups in total. The molecule has 4 aromatic rings. The maximum atomic E-state index is 13.3. The Hall–Kier alpha value is -4.28. The number of aryl methyl sites for hydroxylation is 1. The highest BCUT2D eigenvalue weighted by Gasteiger charge is 2.27. The Morgan fingerprint density at radius 3 is 2.62 bits per heavy atom. The first kappa shape index (κ1) is 26.3. The minimum Gasteiger partial charge on any atom is -0.444 e. The van der Waals surface area contributed by atoms with E-state index in [0.29, 0.717) is 35.3 Å². The van der Waals surface area contributed by atoms with Gasteiger partial charge in [-0.15, -0.1) is 0 Å². The summed E-state index contributed by atoms with van der Waals surface area (Å²) < 4.78 is 8.60. The Morgan fingerprint density at radius 2 is 1.90 bits per heavy atom. The third-order valence-corrected chi connectivity index (χ3v) is 6.81. The lowest BCUT2D eigenvalue weighted by Gasteiger charge is -2.28. The predicted molar refractivity (Wildman–Crippen MR) is 146 cm³/mol. The molecule has 0 spiro atoms. The van der Waals surface area contributed by atoms with E-state index in [-0.39, 0.29) is 17.9 Å². The molecule has 0 aromatic carbocycles. The third-order valence-electron chi connectivity index (χ3n) is 6.81. The van der Waals surface area contributed by atoms with Crippen LogP contribution in [0.1, 0.15) is 74.0 Å². The van der Waals surface area contributed by atoms with Crippen molar-refractivity contribution in [3.8, 4) is 5.82 Å². The van der Waals surface area contributed by atoms with E-state index in [1.165, 1.54) is 6.20 Å². The zero-order valence-electron chi connectivity index (χ0n) is 22.7. The van der Waals surface area contributed by atoms with Crippen molar-refractivity contribution in [3.05, 3.63) is 65.9 Å². The summed E-state index contributed by atoms with van der Waals surface area (Å²) in [6.45, 7) is 8.14. The van der Waals surface area contributed by atoms with Crippen LogP contribution in [-0.4, -0.2) is 53.5 Å². The fraction of sp³-hybridized carbons (Fsp3) is 0.429. The van der Waals surface area contributed by atoms with Crippen molar-refractivity contribution in [2.45, 2.75) is 64.9 Å². The topological polar surface area (TPSA) is 128 Å². The van der Waals surface area contributed by atoms with Crippen molar-refractivity contribution in [3.63, 3.8) is 0 Å². The van der Waals surface area contributed by atoms with Crippen LogP contribution in [0.3, 0.4) is 0 Å². The molecule has 39 heavy (non-hydrogen) atoms. The molecule has 1 aliphatic carbocycles. The molecule has 4 aromatic heterocycles. The van der Waals surface area contributed by atoms with Crippen molar-refractivity contribution in [1.82, 2.24) is 34.7 Å². The Labute approximate surface area is 227 Å². The van der Waals surface area contributed by atoms with Gasteiger partial charge in [-0.3, -0.25) is 4.79 Å². The van der Waals surface area contributed by atoms with E-state index in [1.807, 2.05) is 45.9 Å². The summed E-state index contributed by atoms with van der Waals surface area (Å²) in [7, 11) is 0. The summed E-state index contributed by atoms with van der Waals surface area (Å²) in [5.41, 5.74) is 2.28. The largest absolute Gasteiger partial charge is 0.444 e. The van der Waals surface area contributed by atoms with Crippen LogP contribution in [0.25, 0.3) is 11.5 Å². The molecule has 11 nitrogen and oxygen atoms in total. The van der Waals surface area contributed by atoms with Gasteiger partial charge in [-0.25, -0.2) is 19.3 Å². The molecule has 0 unspecified atom stereocenters. The minimum absolute atomic E-state index is 0.240. The van der Waals surface area contributed by atoms with E-state index in [2.05, 4.69) is 25.7 Å². The predicted octanol–water partition coefficient (Wildman–Crippen LogP) is 4.67. The molecule has 1 saturated carbocycles. The second-order valence-corrected chi connectivity index (χ2v) is 11.1. The minimum atomic E-state index is -0.512. The lowest BCUT2D eigenvalue weighted by Crippen LogP contribution is -2.36. The molecule has 1 aliphatic rings. The summed E-state index contributed by atoms with van der Waals surface area (Å²) in [6, 6.07) is 7.54. The molecular formula is C28H34N8O3. The average molecular weight is 531 g/mol. The van der Waals surface area contributed by atoms with Crippen LogP contribution in [0, 0.1) is 12.8 Å². The van der Waals surface area contributed by atoms with Gasteiger partial charge in [0, 0.05) is 37.1 Å². The summed E-state index contributed by atoms with van der Waals surface area (Å²) in [4.78, 5) is 34.1. The molecule has 0 radical (unpaired) electrons. The van der Waals surface area contributed by atoms with Crippen LogP contribution in [0.2, 0.25) is 0 Å². The van der Waals surface area contributed by atoms with Crippen molar-refractivity contribution < 1.29 is 14.3 Å². The van der Waals surface area contributed by atoms with Crippen LogP contribution in [0.15, 0.2) is 49.1 Å². The molecular weight excluding hydrogens is 496 g/mol. The number of hydrogen-bond acceptors (Lipinski definition) is 7. The van der Waals surface area contributed by atoms with Gasteiger partial charge in [0.15, 0.2) is 11.5 Å². The van der Waals surface area contributed by atoms with Gasteiger partial charge in [0.1, 0.15) is 17.0 Å². The highest BCUT2D eigenvalue weighted by molar-refractivity contribution is 6.07. The number of aromatic nitrogens is 6. The molecule has 2 amide bonds. The molecule has 5 rings (SSSR count). The van der Waals surface area contributed by atoms with Gasteiger partial charge in [0.05, 0.1) is 11.9 Å². The van der Waals surface area contributed by atoms with E-state index in [1.54, 1.807) is 33.9 Å². The number of nitrogens with one attached hydrogen (secondary N) is 2. The fourth-order valence-electron chi connectivity index (χ4n) is 4.82. The number of nitrogens with zero attached hydrogens (tertiary/aromatic N) is 6. The number of carbonyl (C=O) groups is 2. The fourth-order valence-corrected chi connectivity index (χ4v) is 4.82. The zero-order valence-corrected chi connectivity index (χ0v) is 22.7. The highest BCUT2D eigenvalue weighted by atomic mass is 16.6. The molecule has 204 valence electrons. The third kappa shape index (κ3) is 6.24. The number of fused-ring (bicyclic) bond motifs is 1. The number of anilines is 1. The number of rotatable bonds is 6. The molecule has 0 bridgehead atoms. The van der Waals surface area contributed by atoms with E-state index in [4.69, 9.17) is 9.84 Å². The first-order valence-electron chi connectivity index (χ1n) is 13.3. The number of ether oxygens (including phenoxy) is 1. The van der Waals surface area contributed by atoms with Gasteiger partial charge >= 0.3 is 6.09 Å². The second kappa shape index (κ2) is 10.8. The Bertz CT molecular complexity index is 1460. The van der Waals surface area contributed by atoms with Gasteiger partial charge in [0.2, 0.25) is 0 Å². The standard InChI is InChI=1S/C28H34N8O3/c1-18-6-11-23(30-15-18)36-24(33-26(37)21-17-32-35-13-5-12-29-25(21)35)14-22(34-36)20-9-7-19(8-10-20)16-31-27(38)39-28(2,3)4/h5-6,11-15,17,19-20H,7-10,16H2,1-4H3,(H,31,38)(H,33,37). The smallest absolute Gasteiger partial charge is 0.407 e. The van der Waals surface area contributed by atoms with E-state index in [0.717, 1.165) is 36.9 Å². The summed E-state index contributed by atoms with van der Waals surface area (Å²) in [5.74, 6) is 1.46. The normalized spacial score (nSPS) is 17.6. The number of pyridine rings is 1. The zero-order chi connectivity index (χ0) is 27.6. The maximum absolute atomic E-state index is 13.3. The van der Waals surface area contributed by atoms with Crippen LogP contribution in [0.4, 0.5) is 10.6 Å². The maximum Gasteiger partial charge on any atom is 0.407 e. The molecule has 11 heteroatoms. The van der Waals surface area contributed by atoms with E-state index in [9.17, 15) is 9.59 Å². The number of amides is 2. The Balaban J connectivity index is 1.31. The monoisotopic (exact) mass is 530 g/mol. The summed E-state index contributed by atoms with van der Waals surface area (Å²) in [5, 5.41) is 15.0.